The quantitative estimate of drug-likeness (QED) is 0.148. The second-order valence-electron chi connectivity index (χ2n) is 9.73. The normalized spacial score (nSPS) is 34.5. The Morgan fingerprint density at radius 1 is 1.12 bits per heavy atom. The van der Waals surface area contributed by atoms with Crippen molar-refractivity contribution in [3.05, 3.63) is 0 Å². The molecule has 190 valence electrons. The van der Waals surface area contributed by atoms with E-state index in [2.05, 4.69) is 4.74 Å². The molecule has 4 aliphatic rings. The molecular formula is C19H24F5IO7S. The Hall–Kier alpha value is -0.770. The number of carbonyl (C=O) groups excluding carboxylic acids is 2. The van der Waals surface area contributed by atoms with E-state index in [1.54, 1.807) is 13.8 Å². The summed E-state index contributed by atoms with van der Waals surface area (Å²) in [6.07, 6.45) is -8.56. The van der Waals surface area contributed by atoms with Crippen LogP contribution in [-0.4, -0.2) is 51.5 Å². The van der Waals surface area contributed by atoms with Gasteiger partial charge in [0.2, 0.25) is 0 Å². The van der Waals surface area contributed by atoms with Gasteiger partial charge in [-0.1, -0.05) is 29.5 Å². The lowest BCUT2D eigenvalue weighted by Crippen LogP contribution is -2.62. The number of rotatable bonds is 7. The van der Waals surface area contributed by atoms with Gasteiger partial charge in [0, 0.05) is 6.42 Å². The largest absolute Gasteiger partial charge is 0.458 e. The molecule has 33 heavy (non-hydrogen) atoms. The summed E-state index contributed by atoms with van der Waals surface area (Å²) in [5, 5.41) is -5.79. The second-order valence-corrected chi connectivity index (χ2v) is 13.6. The lowest BCUT2D eigenvalue weighted by Gasteiger charge is -2.60. The molecule has 0 aromatic carbocycles. The molecule has 0 saturated heterocycles. The molecule has 1 N–H and O–H groups in total. The molecular weight excluding hydrogens is 594 g/mol. The monoisotopic (exact) mass is 618 g/mol. The van der Waals surface area contributed by atoms with Gasteiger partial charge in [-0.3, -0.25) is 14.1 Å². The van der Waals surface area contributed by atoms with Crippen LogP contribution >= 0.6 is 22.6 Å². The highest BCUT2D eigenvalue weighted by molar-refractivity contribution is 14.1. The maximum absolute atomic E-state index is 13.9. The Morgan fingerprint density at radius 2 is 1.64 bits per heavy atom. The molecule has 0 spiro atoms. The smallest absolute Gasteiger partial charge is 0.432 e. The Balaban J connectivity index is 1.91. The van der Waals surface area contributed by atoms with Crippen molar-refractivity contribution in [2.75, 3.05) is 0 Å². The van der Waals surface area contributed by atoms with Crippen LogP contribution in [0.4, 0.5) is 22.0 Å². The van der Waals surface area contributed by atoms with Gasteiger partial charge in [-0.25, -0.2) is 0 Å². The topological polar surface area (TPSA) is 107 Å². The summed E-state index contributed by atoms with van der Waals surface area (Å²) in [4.78, 5) is 25.7. The van der Waals surface area contributed by atoms with E-state index in [0.29, 0.717) is 25.7 Å². The van der Waals surface area contributed by atoms with Gasteiger partial charge in [-0.15, -0.1) is 0 Å². The van der Waals surface area contributed by atoms with Crippen LogP contribution in [0.25, 0.3) is 0 Å². The molecule has 4 rings (SSSR count). The Labute approximate surface area is 201 Å². The van der Waals surface area contributed by atoms with Crippen molar-refractivity contribution < 1.29 is 54.0 Å². The lowest BCUT2D eigenvalue weighted by molar-refractivity contribution is -0.269. The average molecular weight is 618 g/mol. The number of alkyl halides is 6. The highest BCUT2D eigenvalue weighted by Gasteiger charge is 2.69. The van der Waals surface area contributed by atoms with Crippen molar-refractivity contribution in [3.63, 3.8) is 0 Å². The summed E-state index contributed by atoms with van der Waals surface area (Å²) < 4.78 is 107. The number of esters is 2. The SMILES string of the molecule is CCC(C)(I)C(=O)OC12CC3CC(C1)CC(C(=O)OC(C(F)(F)F)C(F)(F)S(=O)(=O)O)(C3)C2. The van der Waals surface area contributed by atoms with E-state index < -0.39 is 54.0 Å². The van der Waals surface area contributed by atoms with E-state index in [1.807, 2.05) is 22.6 Å². The van der Waals surface area contributed by atoms with Gasteiger partial charge in [0.1, 0.15) is 9.02 Å². The van der Waals surface area contributed by atoms with Crippen molar-refractivity contribution in [1.82, 2.24) is 0 Å². The maximum atomic E-state index is 13.9. The third kappa shape index (κ3) is 4.84. The van der Waals surface area contributed by atoms with Crippen LogP contribution in [0, 0.1) is 17.3 Å². The van der Waals surface area contributed by atoms with Crippen LogP contribution in [0.3, 0.4) is 0 Å². The van der Waals surface area contributed by atoms with Gasteiger partial charge in [0.15, 0.2) is 0 Å². The molecule has 0 aromatic heterocycles. The molecule has 4 saturated carbocycles. The standard InChI is InChI=1S/C19H24F5IO7S/c1-3-15(2,25)13(26)32-17-7-10-4-11(8-17)6-16(5-10,9-17)14(27)31-12(18(20,21)22)19(23,24)33(28,29)30/h10-12H,3-9H2,1-2H3,(H,28,29,30). The average Bonchev–Trinajstić information content (AvgIpc) is 2.62. The second kappa shape index (κ2) is 8.14. The zero-order valence-electron chi connectivity index (χ0n) is 17.8. The fourth-order valence-electron chi connectivity index (χ4n) is 5.68. The Bertz CT molecular complexity index is 919. The highest BCUT2D eigenvalue weighted by Crippen LogP contribution is 2.63. The summed E-state index contributed by atoms with van der Waals surface area (Å²) >= 11 is 1.93. The molecule has 14 heteroatoms. The van der Waals surface area contributed by atoms with E-state index in [9.17, 15) is 40.0 Å². The molecule has 4 atom stereocenters. The van der Waals surface area contributed by atoms with Crippen molar-refractivity contribution in [2.45, 2.75) is 85.4 Å². The summed E-state index contributed by atoms with van der Waals surface area (Å²) in [6.45, 7) is 3.44. The summed E-state index contributed by atoms with van der Waals surface area (Å²) in [5.41, 5.74) is -2.77. The first-order chi connectivity index (χ1) is 14.8. The molecule has 4 bridgehead atoms. The summed E-state index contributed by atoms with van der Waals surface area (Å²) in [5.74, 6) is -2.56. The van der Waals surface area contributed by atoms with Crippen LogP contribution < -0.4 is 0 Å². The van der Waals surface area contributed by atoms with Gasteiger partial charge in [-0.05, 0) is 57.3 Å². The van der Waals surface area contributed by atoms with Crippen LogP contribution in [0.1, 0.15) is 58.8 Å². The minimum Gasteiger partial charge on any atom is -0.458 e. The number of hydrogen-bond acceptors (Lipinski definition) is 6. The van der Waals surface area contributed by atoms with E-state index in [4.69, 9.17) is 9.29 Å². The molecule has 7 nitrogen and oxygen atoms in total. The Morgan fingerprint density at radius 3 is 2.06 bits per heavy atom. The minimum absolute atomic E-state index is 0.0545. The molecule has 0 aromatic rings. The van der Waals surface area contributed by atoms with Crippen LogP contribution in [0.15, 0.2) is 0 Å². The van der Waals surface area contributed by atoms with Gasteiger partial charge in [0.25, 0.3) is 6.10 Å². The number of hydrogen-bond donors (Lipinski definition) is 1. The first-order valence-electron chi connectivity index (χ1n) is 10.3. The van der Waals surface area contributed by atoms with Crippen molar-refractivity contribution in [3.8, 4) is 0 Å². The van der Waals surface area contributed by atoms with E-state index >= 15 is 0 Å². The summed E-state index contributed by atoms with van der Waals surface area (Å²) in [6, 6.07) is 0. The van der Waals surface area contributed by atoms with Crippen LogP contribution in [0.2, 0.25) is 0 Å². The molecule has 4 aliphatic carbocycles. The molecule has 4 unspecified atom stereocenters. The van der Waals surface area contributed by atoms with Gasteiger partial charge >= 0.3 is 33.5 Å². The first-order valence-corrected chi connectivity index (χ1v) is 12.8. The van der Waals surface area contributed by atoms with Crippen molar-refractivity contribution in [1.29, 1.82) is 0 Å². The highest BCUT2D eigenvalue weighted by atomic mass is 127. The predicted octanol–water partition coefficient (Wildman–Crippen LogP) is 4.43. The zero-order valence-corrected chi connectivity index (χ0v) is 20.7. The fraction of sp³-hybridized carbons (Fsp3) is 0.895. The molecule has 4 fully saturated rings. The minimum atomic E-state index is -6.53. The third-order valence-electron chi connectivity index (χ3n) is 7.01. The fourth-order valence-corrected chi connectivity index (χ4v) is 6.24. The van der Waals surface area contributed by atoms with E-state index in [0.717, 1.165) is 0 Å². The van der Waals surface area contributed by atoms with Gasteiger partial charge < -0.3 is 9.47 Å². The Kier molecular flexibility index (Phi) is 6.61. The third-order valence-corrected chi connectivity index (χ3v) is 9.12. The number of carbonyl (C=O) groups is 2. The molecule has 0 radical (unpaired) electrons. The van der Waals surface area contributed by atoms with Gasteiger partial charge in [0.05, 0.1) is 5.41 Å². The number of ether oxygens (including phenoxy) is 2. The van der Waals surface area contributed by atoms with Crippen molar-refractivity contribution >= 4 is 44.6 Å². The molecule has 0 aliphatic heterocycles. The maximum Gasteiger partial charge on any atom is 0.432 e. The van der Waals surface area contributed by atoms with Crippen molar-refractivity contribution in [2.24, 2.45) is 17.3 Å². The van der Waals surface area contributed by atoms with Crippen LogP contribution in [0.5, 0.6) is 0 Å². The predicted molar refractivity (Wildman–Crippen MR) is 111 cm³/mol. The molecule has 0 amide bonds. The molecule has 0 heterocycles. The first kappa shape index (κ1) is 26.8. The van der Waals surface area contributed by atoms with Crippen LogP contribution in [-0.2, 0) is 29.2 Å². The zero-order chi connectivity index (χ0) is 25.3. The van der Waals surface area contributed by atoms with Gasteiger partial charge in [-0.2, -0.15) is 30.4 Å². The summed E-state index contributed by atoms with van der Waals surface area (Å²) in [7, 11) is -6.53. The lowest BCUT2D eigenvalue weighted by atomic mass is 9.48. The number of halogens is 6. The van der Waals surface area contributed by atoms with E-state index in [1.165, 1.54) is 0 Å². The van der Waals surface area contributed by atoms with E-state index in [-0.39, 0.29) is 31.1 Å².